The zero-order valence-electron chi connectivity index (χ0n) is 6.75. The van der Waals surface area contributed by atoms with Gasteiger partial charge in [-0.1, -0.05) is 12.2 Å². The summed E-state index contributed by atoms with van der Waals surface area (Å²) in [5.74, 6) is -0.114. The van der Waals surface area contributed by atoms with Crippen LogP contribution in [0.3, 0.4) is 0 Å². The first-order valence-electron chi connectivity index (χ1n) is 3.39. The Bertz CT molecular complexity index is 163. The van der Waals surface area contributed by atoms with Crippen molar-refractivity contribution in [2.24, 2.45) is 0 Å². The maximum absolute atomic E-state index is 11.0. The molecule has 2 nitrogen and oxygen atoms in total. The third kappa shape index (κ3) is 3.83. The molecule has 0 saturated heterocycles. The first-order chi connectivity index (χ1) is 5.26. The van der Waals surface area contributed by atoms with E-state index in [1.165, 1.54) is 4.90 Å². The van der Waals surface area contributed by atoms with Gasteiger partial charge in [-0.2, -0.15) is 0 Å². The molecule has 0 aliphatic heterocycles. The highest BCUT2D eigenvalue weighted by Crippen LogP contribution is 1.95. The van der Waals surface area contributed by atoms with Crippen LogP contribution in [0.2, 0.25) is 0 Å². The summed E-state index contributed by atoms with van der Waals surface area (Å²) < 4.78 is 0. The lowest BCUT2D eigenvalue weighted by atomic mass is 10.5. The second-order valence-electron chi connectivity index (χ2n) is 1.90. The fourth-order valence-corrected chi connectivity index (χ4v) is 0.744. The molecule has 0 aromatic carbocycles. The molecule has 0 fully saturated rings. The van der Waals surface area contributed by atoms with Gasteiger partial charge < -0.3 is 0 Å². The summed E-state index contributed by atoms with van der Waals surface area (Å²) in [7, 11) is 0. The summed E-state index contributed by atoms with van der Waals surface area (Å²) in [4.78, 5) is 12.4. The molecule has 0 radical (unpaired) electrons. The quantitative estimate of drug-likeness (QED) is 0.599. The summed E-state index contributed by atoms with van der Waals surface area (Å²) in [6.07, 6.45) is 6.91. The van der Waals surface area contributed by atoms with Crippen LogP contribution in [-0.2, 0) is 4.79 Å². The largest absolute Gasteiger partial charge is 0.294 e. The number of alkyl halides is 1. The zero-order valence-corrected chi connectivity index (χ0v) is 7.51. The van der Waals surface area contributed by atoms with Crippen molar-refractivity contribution in [1.29, 1.82) is 0 Å². The summed E-state index contributed by atoms with van der Waals surface area (Å²) in [5.41, 5.74) is 0. The van der Waals surface area contributed by atoms with Gasteiger partial charge >= 0.3 is 0 Å². The third-order valence-corrected chi connectivity index (χ3v) is 1.25. The molecule has 0 saturated carbocycles. The molecule has 1 amide bonds. The Hall–Kier alpha value is -0.760. The van der Waals surface area contributed by atoms with E-state index in [1.807, 2.05) is 13.8 Å². The van der Waals surface area contributed by atoms with E-state index >= 15 is 0 Å². The van der Waals surface area contributed by atoms with Gasteiger partial charge in [0.05, 0.1) is 0 Å². The lowest BCUT2D eigenvalue weighted by Crippen LogP contribution is -2.20. The number of hydrogen-bond acceptors (Lipinski definition) is 1. The van der Waals surface area contributed by atoms with Crippen LogP contribution in [0.25, 0.3) is 0 Å². The molecule has 0 aromatic heterocycles. The predicted octanol–water partition coefficient (Wildman–Crippen LogP) is 2.12. The van der Waals surface area contributed by atoms with Crippen molar-refractivity contribution in [2.45, 2.75) is 13.8 Å². The summed E-state index contributed by atoms with van der Waals surface area (Å²) in [5, 5.41) is 0. The second-order valence-corrected chi connectivity index (χ2v) is 2.17. The van der Waals surface area contributed by atoms with E-state index in [2.05, 4.69) is 0 Å². The molecule has 0 N–H and O–H groups in total. The minimum atomic E-state index is -0.122. The molecule has 0 spiro atoms. The first kappa shape index (κ1) is 10.2. The first-order valence-corrected chi connectivity index (χ1v) is 3.92. The minimum Gasteiger partial charge on any atom is -0.294 e. The van der Waals surface area contributed by atoms with E-state index in [4.69, 9.17) is 11.6 Å². The highest BCUT2D eigenvalue weighted by atomic mass is 35.5. The SMILES string of the molecule is CC=CN(C=CC)C(=O)CCl. The van der Waals surface area contributed by atoms with Crippen molar-refractivity contribution in [3.05, 3.63) is 24.6 Å². The fourth-order valence-electron chi connectivity index (χ4n) is 0.606. The topological polar surface area (TPSA) is 20.3 Å². The number of hydrogen-bond donors (Lipinski definition) is 0. The molecule has 0 aromatic rings. The summed E-state index contributed by atoms with van der Waals surface area (Å²) in [6.45, 7) is 3.69. The van der Waals surface area contributed by atoms with E-state index in [-0.39, 0.29) is 11.8 Å². The average molecular weight is 174 g/mol. The lowest BCUT2D eigenvalue weighted by molar-refractivity contribution is -0.123. The van der Waals surface area contributed by atoms with Crippen LogP contribution in [0.1, 0.15) is 13.8 Å². The standard InChI is InChI=1S/C8H12ClNO/c1-3-5-10(6-4-2)8(11)7-9/h3-6H,7H2,1-2H3. The van der Waals surface area contributed by atoms with Crippen LogP contribution in [0, 0.1) is 0 Å². The highest BCUT2D eigenvalue weighted by molar-refractivity contribution is 6.27. The number of halogens is 1. The van der Waals surface area contributed by atoms with E-state index < -0.39 is 0 Å². The smallest absolute Gasteiger partial charge is 0.245 e. The molecule has 3 heteroatoms. The second kappa shape index (κ2) is 5.98. The Morgan fingerprint density at radius 3 is 2.09 bits per heavy atom. The van der Waals surface area contributed by atoms with Gasteiger partial charge in [-0.05, 0) is 13.8 Å². The number of amides is 1. The number of allylic oxidation sites excluding steroid dienone is 2. The van der Waals surface area contributed by atoms with Gasteiger partial charge in [0.2, 0.25) is 5.91 Å². The van der Waals surface area contributed by atoms with Crippen molar-refractivity contribution in [1.82, 2.24) is 4.90 Å². The van der Waals surface area contributed by atoms with E-state index in [9.17, 15) is 4.79 Å². The molecule has 0 bridgehead atoms. The van der Waals surface area contributed by atoms with Gasteiger partial charge in [0.25, 0.3) is 0 Å². The molecular formula is C8H12ClNO. The number of nitrogens with zero attached hydrogens (tertiary/aromatic N) is 1. The van der Waals surface area contributed by atoms with Gasteiger partial charge in [0.1, 0.15) is 5.88 Å². The highest BCUT2D eigenvalue weighted by Gasteiger charge is 2.03. The van der Waals surface area contributed by atoms with Crippen molar-refractivity contribution in [3.8, 4) is 0 Å². The molecule has 0 aliphatic rings. The Labute approximate surface area is 72.1 Å². The van der Waals surface area contributed by atoms with E-state index in [0.29, 0.717) is 0 Å². The third-order valence-electron chi connectivity index (χ3n) is 1.02. The van der Waals surface area contributed by atoms with Crippen LogP contribution < -0.4 is 0 Å². The van der Waals surface area contributed by atoms with Crippen molar-refractivity contribution in [2.75, 3.05) is 5.88 Å². The van der Waals surface area contributed by atoms with Crippen LogP contribution in [0.5, 0.6) is 0 Å². The van der Waals surface area contributed by atoms with Gasteiger partial charge in [0, 0.05) is 12.4 Å². The fraction of sp³-hybridized carbons (Fsp3) is 0.375. The van der Waals surface area contributed by atoms with Gasteiger partial charge in [0.15, 0.2) is 0 Å². The van der Waals surface area contributed by atoms with Crippen LogP contribution in [0.4, 0.5) is 0 Å². The lowest BCUT2D eigenvalue weighted by Gasteiger charge is -2.10. The van der Waals surface area contributed by atoms with Crippen LogP contribution in [0.15, 0.2) is 24.6 Å². The summed E-state index contributed by atoms with van der Waals surface area (Å²) in [6, 6.07) is 0. The molecule has 62 valence electrons. The molecule has 0 unspecified atom stereocenters. The Kier molecular flexibility index (Phi) is 5.57. The number of carbonyl (C=O) groups is 1. The monoisotopic (exact) mass is 173 g/mol. The maximum atomic E-state index is 11.0. The van der Waals surface area contributed by atoms with E-state index in [0.717, 1.165) is 0 Å². The molecular weight excluding hydrogens is 162 g/mol. The van der Waals surface area contributed by atoms with Crippen molar-refractivity contribution >= 4 is 17.5 Å². The Balaban J connectivity index is 4.20. The van der Waals surface area contributed by atoms with Crippen LogP contribution >= 0.6 is 11.6 Å². The Morgan fingerprint density at radius 2 is 1.82 bits per heavy atom. The molecule has 0 aliphatic carbocycles. The van der Waals surface area contributed by atoms with E-state index in [1.54, 1.807) is 24.6 Å². The summed E-state index contributed by atoms with van der Waals surface area (Å²) >= 11 is 5.36. The van der Waals surface area contributed by atoms with Crippen LogP contribution in [-0.4, -0.2) is 16.7 Å². The van der Waals surface area contributed by atoms with Gasteiger partial charge in [-0.3, -0.25) is 9.69 Å². The number of carbonyl (C=O) groups excluding carboxylic acids is 1. The van der Waals surface area contributed by atoms with Gasteiger partial charge in [-0.25, -0.2) is 0 Å². The zero-order chi connectivity index (χ0) is 8.69. The average Bonchev–Trinajstić information content (AvgIpc) is 2.03. The van der Waals surface area contributed by atoms with Crippen molar-refractivity contribution < 1.29 is 4.79 Å². The number of rotatable bonds is 3. The normalized spacial score (nSPS) is 11.2. The molecule has 0 rings (SSSR count). The minimum absolute atomic E-state index is 0.00861. The molecule has 0 atom stereocenters. The predicted molar refractivity (Wildman–Crippen MR) is 47.2 cm³/mol. The molecule has 0 heterocycles. The van der Waals surface area contributed by atoms with Gasteiger partial charge in [-0.15, -0.1) is 11.6 Å². The maximum Gasteiger partial charge on any atom is 0.245 e. The van der Waals surface area contributed by atoms with Crippen molar-refractivity contribution in [3.63, 3.8) is 0 Å². The molecule has 11 heavy (non-hydrogen) atoms. The Morgan fingerprint density at radius 1 is 1.36 bits per heavy atom.